The van der Waals surface area contributed by atoms with E-state index in [-0.39, 0.29) is 0 Å². The first kappa shape index (κ1) is 13.3. The zero-order valence-electron chi connectivity index (χ0n) is 11.6. The first-order chi connectivity index (χ1) is 8.39. The molecule has 2 rings (SSSR count). The number of hydrogen-bond acceptors (Lipinski definition) is 3. The number of nitrogens with two attached hydrogens (primary N) is 1. The smallest absolute Gasteiger partial charge is 0.129 e. The van der Waals surface area contributed by atoms with Crippen molar-refractivity contribution in [2.75, 3.05) is 5.73 Å². The minimum Gasteiger partial charge on any atom is -0.388 e. The molecule has 1 saturated carbocycles. The molecule has 0 amide bonds. The van der Waals surface area contributed by atoms with E-state index < -0.39 is 6.10 Å². The van der Waals surface area contributed by atoms with Crippen LogP contribution in [-0.4, -0.2) is 10.1 Å². The third-order valence-corrected chi connectivity index (χ3v) is 4.24. The van der Waals surface area contributed by atoms with Gasteiger partial charge in [0.25, 0.3) is 0 Å². The summed E-state index contributed by atoms with van der Waals surface area (Å²) in [6.45, 7) is 6.59. The highest BCUT2D eigenvalue weighted by molar-refractivity contribution is 5.42. The van der Waals surface area contributed by atoms with Gasteiger partial charge in [0.2, 0.25) is 0 Å². The van der Waals surface area contributed by atoms with Crippen LogP contribution >= 0.6 is 0 Å². The van der Waals surface area contributed by atoms with Crippen LogP contribution in [0.3, 0.4) is 0 Å². The molecule has 1 unspecified atom stereocenters. The van der Waals surface area contributed by atoms with E-state index in [1.807, 2.05) is 13.0 Å². The Bertz CT molecular complexity index is 419. The largest absolute Gasteiger partial charge is 0.388 e. The van der Waals surface area contributed by atoms with E-state index in [0.717, 1.165) is 24.0 Å². The third-order valence-electron chi connectivity index (χ3n) is 4.24. The lowest BCUT2D eigenvalue weighted by Crippen LogP contribution is -2.25. The lowest BCUT2D eigenvalue weighted by molar-refractivity contribution is 0.0570. The molecular weight excluding hydrogens is 224 g/mol. The Balaban J connectivity index is 2.12. The van der Waals surface area contributed by atoms with Crippen LogP contribution < -0.4 is 5.73 Å². The van der Waals surface area contributed by atoms with Crippen LogP contribution in [0.4, 0.5) is 5.82 Å². The Hall–Kier alpha value is -1.09. The van der Waals surface area contributed by atoms with E-state index in [0.29, 0.717) is 17.2 Å². The number of aliphatic hydroxyl groups excluding tert-OH is 1. The molecule has 1 heterocycles. The van der Waals surface area contributed by atoms with Gasteiger partial charge in [-0.3, -0.25) is 0 Å². The zero-order chi connectivity index (χ0) is 13.3. The Labute approximate surface area is 109 Å². The molecular formula is C15H24N2O. The predicted octanol–water partition coefficient (Wildman–Crippen LogP) is 3.22. The van der Waals surface area contributed by atoms with Crippen LogP contribution in [0.2, 0.25) is 0 Å². The molecule has 18 heavy (non-hydrogen) atoms. The summed E-state index contributed by atoms with van der Waals surface area (Å²) in [5.41, 5.74) is 8.16. The van der Waals surface area contributed by atoms with Gasteiger partial charge in [0, 0.05) is 11.8 Å². The molecule has 0 radical (unpaired) electrons. The van der Waals surface area contributed by atoms with Gasteiger partial charge in [0.1, 0.15) is 5.82 Å². The second kappa shape index (κ2) is 4.88. The summed E-state index contributed by atoms with van der Waals surface area (Å²) in [4.78, 5) is 4.14. The first-order valence-electron chi connectivity index (χ1n) is 6.79. The quantitative estimate of drug-likeness (QED) is 0.844. The molecule has 3 nitrogen and oxygen atoms in total. The van der Waals surface area contributed by atoms with Crippen LogP contribution in [0.1, 0.15) is 56.8 Å². The molecule has 0 aromatic carbocycles. The number of aromatic nitrogens is 1. The Morgan fingerprint density at radius 1 is 1.39 bits per heavy atom. The number of aryl methyl sites for hydroxylation is 1. The Kier molecular flexibility index (Phi) is 3.62. The molecule has 1 aliphatic carbocycles. The van der Waals surface area contributed by atoms with Crippen molar-refractivity contribution in [3.05, 3.63) is 23.4 Å². The van der Waals surface area contributed by atoms with Gasteiger partial charge in [-0.15, -0.1) is 0 Å². The van der Waals surface area contributed by atoms with Gasteiger partial charge in [-0.25, -0.2) is 4.98 Å². The van der Waals surface area contributed by atoms with Crippen molar-refractivity contribution >= 4 is 5.82 Å². The highest BCUT2D eigenvalue weighted by Crippen LogP contribution is 2.43. The number of rotatable bonds is 2. The first-order valence-corrected chi connectivity index (χ1v) is 6.79. The molecule has 1 fully saturated rings. The lowest BCUT2D eigenvalue weighted by Gasteiger charge is -2.36. The molecule has 1 atom stereocenters. The molecule has 3 heteroatoms. The fourth-order valence-electron chi connectivity index (χ4n) is 2.83. The summed E-state index contributed by atoms with van der Waals surface area (Å²) in [6.07, 6.45) is 5.77. The number of aliphatic hydroxyl groups is 1. The standard InChI is InChI=1S/C15H24N2O/c1-10-8-12(14(16)17-9-10)13(18)11-4-6-15(2,3)7-5-11/h8-9,11,13,18H,4-7H2,1-3H3,(H2,16,17). The molecule has 1 aliphatic rings. The van der Waals surface area contributed by atoms with Gasteiger partial charge in [0.05, 0.1) is 6.10 Å². The summed E-state index contributed by atoms with van der Waals surface area (Å²) < 4.78 is 0. The number of nitrogen functional groups attached to an aromatic ring is 1. The summed E-state index contributed by atoms with van der Waals surface area (Å²) >= 11 is 0. The molecule has 1 aromatic heterocycles. The average Bonchev–Trinajstić information content (AvgIpc) is 2.31. The fraction of sp³-hybridized carbons (Fsp3) is 0.667. The van der Waals surface area contributed by atoms with Crippen molar-refractivity contribution in [3.8, 4) is 0 Å². The number of nitrogens with zero attached hydrogens (tertiary/aromatic N) is 1. The summed E-state index contributed by atoms with van der Waals surface area (Å²) in [5, 5.41) is 10.5. The Morgan fingerprint density at radius 2 is 2.00 bits per heavy atom. The molecule has 3 N–H and O–H groups in total. The van der Waals surface area contributed by atoms with Crippen molar-refractivity contribution in [1.29, 1.82) is 0 Å². The van der Waals surface area contributed by atoms with Crippen molar-refractivity contribution in [3.63, 3.8) is 0 Å². The summed E-state index contributed by atoms with van der Waals surface area (Å²) in [6, 6.07) is 1.97. The van der Waals surface area contributed by atoms with Crippen molar-refractivity contribution in [1.82, 2.24) is 4.98 Å². The summed E-state index contributed by atoms with van der Waals surface area (Å²) in [5.74, 6) is 0.793. The molecule has 0 saturated heterocycles. The topological polar surface area (TPSA) is 59.1 Å². The lowest BCUT2D eigenvalue weighted by atomic mass is 9.71. The fourth-order valence-corrected chi connectivity index (χ4v) is 2.83. The van der Waals surface area contributed by atoms with Crippen LogP contribution in [0, 0.1) is 18.3 Å². The third kappa shape index (κ3) is 2.83. The maximum absolute atomic E-state index is 10.5. The van der Waals surface area contributed by atoms with E-state index >= 15 is 0 Å². The molecule has 0 bridgehead atoms. The highest BCUT2D eigenvalue weighted by Gasteiger charge is 2.32. The van der Waals surface area contributed by atoms with Gasteiger partial charge in [-0.1, -0.05) is 13.8 Å². The van der Waals surface area contributed by atoms with Crippen LogP contribution in [-0.2, 0) is 0 Å². The second-order valence-corrected chi connectivity index (χ2v) is 6.43. The van der Waals surface area contributed by atoms with Gasteiger partial charge < -0.3 is 10.8 Å². The SMILES string of the molecule is Cc1cnc(N)c(C(O)C2CCC(C)(C)CC2)c1. The molecule has 0 spiro atoms. The van der Waals surface area contributed by atoms with Gasteiger partial charge in [-0.2, -0.15) is 0 Å². The maximum Gasteiger partial charge on any atom is 0.129 e. The van der Waals surface area contributed by atoms with E-state index in [1.165, 1.54) is 12.8 Å². The second-order valence-electron chi connectivity index (χ2n) is 6.43. The number of pyridine rings is 1. The number of anilines is 1. The highest BCUT2D eigenvalue weighted by atomic mass is 16.3. The molecule has 100 valence electrons. The van der Waals surface area contributed by atoms with Crippen LogP contribution in [0.15, 0.2) is 12.3 Å². The predicted molar refractivity (Wildman–Crippen MR) is 74.1 cm³/mol. The molecule has 1 aromatic rings. The van der Waals surface area contributed by atoms with Crippen LogP contribution in [0.25, 0.3) is 0 Å². The average molecular weight is 248 g/mol. The van der Waals surface area contributed by atoms with E-state index in [2.05, 4.69) is 18.8 Å². The van der Waals surface area contributed by atoms with Crippen molar-refractivity contribution < 1.29 is 5.11 Å². The van der Waals surface area contributed by atoms with Gasteiger partial charge in [0.15, 0.2) is 0 Å². The monoisotopic (exact) mass is 248 g/mol. The van der Waals surface area contributed by atoms with Crippen LogP contribution in [0.5, 0.6) is 0 Å². The van der Waals surface area contributed by atoms with Crippen molar-refractivity contribution in [2.45, 2.75) is 52.6 Å². The van der Waals surface area contributed by atoms with Crippen molar-refractivity contribution in [2.24, 2.45) is 11.3 Å². The van der Waals surface area contributed by atoms with Gasteiger partial charge in [-0.05, 0) is 55.6 Å². The Morgan fingerprint density at radius 3 is 2.61 bits per heavy atom. The minimum absolute atomic E-state index is 0.323. The van der Waals surface area contributed by atoms with Gasteiger partial charge >= 0.3 is 0 Å². The normalized spacial score (nSPS) is 21.8. The van der Waals surface area contributed by atoms with E-state index in [9.17, 15) is 5.11 Å². The summed E-state index contributed by atoms with van der Waals surface area (Å²) in [7, 11) is 0. The number of hydrogen-bond donors (Lipinski definition) is 2. The van der Waals surface area contributed by atoms with E-state index in [1.54, 1.807) is 6.20 Å². The minimum atomic E-state index is -0.464. The molecule has 0 aliphatic heterocycles. The zero-order valence-corrected chi connectivity index (χ0v) is 11.6. The maximum atomic E-state index is 10.5. The van der Waals surface area contributed by atoms with E-state index in [4.69, 9.17) is 5.73 Å².